The Hall–Kier alpha value is -1.90. The summed E-state index contributed by atoms with van der Waals surface area (Å²) in [7, 11) is 0. The number of ketones is 1. The molecule has 4 heteroatoms. The molecule has 0 heterocycles. The summed E-state index contributed by atoms with van der Waals surface area (Å²) < 4.78 is 4.88. The van der Waals surface area contributed by atoms with Crippen molar-refractivity contribution in [2.75, 3.05) is 6.61 Å². The van der Waals surface area contributed by atoms with Crippen molar-refractivity contribution in [2.45, 2.75) is 91.1 Å². The molecule has 1 aliphatic rings. The molecule has 1 rings (SSSR count). The molecular weight excluding hydrogens is 352 g/mol. The van der Waals surface area contributed by atoms with E-state index in [2.05, 4.69) is 24.8 Å². The van der Waals surface area contributed by atoms with Crippen LogP contribution in [0.4, 0.5) is 0 Å². The number of aliphatic hydroxyl groups is 1. The van der Waals surface area contributed by atoms with Crippen molar-refractivity contribution in [3.8, 4) is 0 Å². The van der Waals surface area contributed by atoms with Crippen molar-refractivity contribution in [3.05, 3.63) is 40.7 Å². The maximum absolute atomic E-state index is 12.3. The van der Waals surface area contributed by atoms with Gasteiger partial charge in [-0.2, -0.15) is 0 Å². The Morgan fingerprint density at radius 2 is 2.00 bits per heavy atom. The van der Waals surface area contributed by atoms with Crippen LogP contribution in [0.25, 0.3) is 0 Å². The molecule has 1 aliphatic carbocycles. The third-order valence-electron chi connectivity index (χ3n) is 4.98. The van der Waals surface area contributed by atoms with Crippen LogP contribution in [0.5, 0.6) is 0 Å². The third kappa shape index (κ3) is 8.00. The molecule has 0 amide bonds. The van der Waals surface area contributed by atoms with Gasteiger partial charge in [0.2, 0.25) is 0 Å². The number of hydrogen-bond acceptors (Lipinski definition) is 4. The SMILES string of the molecule is CCCCC/C=C/C1=C(CC(=C=CCC(C)(O)C(=O)OCC)CC)C(=O)CC1. The summed E-state index contributed by atoms with van der Waals surface area (Å²) >= 11 is 0. The largest absolute Gasteiger partial charge is 0.464 e. The lowest BCUT2D eigenvalue weighted by Crippen LogP contribution is -2.36. The fourth-order valence-corrected chi connectivity index (χ4v) is 3.12. The van der Waals surface area contributed by atoms with Crippen molar-refractivity contribution in [2.24, 2.45) is 0 Å². The van der Waals surface area contributed by atoms with Gasteiger partial charge < -0.3 is 9.84 Å². The van der Waals surface area contributed by atoms with Crippen molar-refractivity contribution < 1.29 is 19.4 Å². The van der Waals surface area contributed by atoms with Crippen LogP contribution in [0.3, 0.4) is 0 Å². The van der Waals surface area contributed by atoms with Gasteiger partial charge in [-0.05, 0) is 56.8 Å². The van der Waals surface area contributed by atoms with Crippen LogP contribution in [0.1, 0.15) is 85.5 Å². The van der Waals surface area contributed by atoms with E-state index >= 15 is 0 Å². The highest BCUT2D eigenvalue weighted by molar-refractivity contribution is 5.99. The van der Waals surface area contributed by atoms with E-state index in [1.807, 2.05) is 6.92 Å². The molecule has 0 saturated carbocycles. The minimum atomic E-state index is -1.56. The van der Waals surface area contributed by atoms with E-state index < -0.39 is 11.6 Å². The number of ether oxygens (including phenoxy) is 1. The van der Waals surface area contributed by atoms with Crippen LogP contribution in [-0.4, -0.2) is 29.1 Å². The molecule has 0 bridgehead atoms. The Kier molecular flexibility index (Phi) is 10.8. The summed E-state index contributed by atoms with van der Waals surface area (Å²) in [6, 6.07) is 0. The van der Waals surface area contributed by atoms with Gasteiger partial charge in [0, 0.05) is 24.8 Å². The first-order valence-corrected chi connectivity index (χ1v) is 10.6. The molecule has 156 valence electrons. The molecule has 4 nitrogen and oxygen atoms in total. The Morgan fingerprint density at radius 3 is 2.64 bits per heavy atom. The lowest BCUT2D eigenvalue weighted by molar-refractivity contribution is -0.162. The fraction of sp³-hybridized carbons (Fsp3) is 0.625. The smallest absolute Gasteiger partial charge is 0.338 e. The summed E-state index contributed by atoms with van der Waals surface area (Å²) in [5.41, 5.74) is 4.67. The predicted molar refractivity (Wildman–Crippen MR) is 113 cm³/mol. The zero-order chi connectivity index (χ0) is 21.0. The molecule has 0 fully saturated rings. The van der Waals surface area contributed by atoms with E-state index in [4.69, 9.17) is 4.74 Å². The zero-order valence-corrected chi connectivity index (χ0v) is 18.0. The van der Waals surface area contributed by atoms with Gasteiger partial charge in [-0.1, -0.05) is 38.8 Å². The third-order valence-corrected chi connectivity index (χ3v) is 4.98. The second-order valence-electron chi connectivity index (χ2n) is 7.51. The van der Waals surface area contributed by atoms with E-state index in [9.17, 15) is 14.7 Å². The van der Waals surface area contributed by atoms with Crippen molar-refractivity contribution in [1.29, 1.82) is 0 Å². The van der Waals surface area contributed by atoms with Gasteiger partial charge in [-0.25, -0.2) is 4.79 Å². The molecule has 0 aromatic rings. The monoisotopic (exact) mass is 388 g/mol. The number of allylic oxidation sites excluding steroid dienone is 4. The molecule has 0 saturated heterocycles. The Bertz CT molecular complexity index is 658. The average Bonchev–Trinajstić information content (AvgIpc) is 3.00. The van der Waals surface area contributed by atoms with Crippen molar-refractivity contribution in [1.82, 2.24) is 0 Å². The highest BCUT2D eigenvalue weighted by atomic mass is 16.5. The summed E-state index contributed by atoms with van der Waals surface area (Å²) in [5, 5.41) is 10.2. The molecule has 0 aromatic carbocycles. The second-order valence-corrected chi connectivity index (χ2v) is 7.51. The molecule has 0 radical (unpaired) electrons. The molecule has 0 aliphatic heterocycles. The summed E-state index contributed by atoms with van der Waals surface area (Å²) in [6.45, 7) is 7.61. The number of hydrogen-bond donors (Lipinski definition) is 1. The number of esters is 1. The molecule has 0 spiro atoms. The lowest BCUT2D eigenvalue weighted by atomic mass is 9.98. The van der Waals surface area contributed by atoms with E-state index in [1.165, 1.54) is 26.2 Å². The van der Waals surface area contributed by atoms with Gasteiger partial charge in [-0.3, -0.25) is 4.79 Å². The maximum Gasteiger partial charge on any atom is 0.338 e. The highest BCUT2D eigenvalue weighted by Crippen LogP contribution is 2.29. The first kappa shape index (κ1) is 24.1. The van der Waals surface area contributed by atoms with Crippen LogP contribution < -0.4 is 0 Å². The van der Waals surface area contributed by atoms with Gasteiger partial charge in [0.1, 0.15) is 0 Å². The van der Waals surface area contributed by atoms with Gasteiger partial charge in [0.25, 0.3) is 0 Å². The van der Waals surface area contributed by atoms with Crippen LogP contribution in [0.15, 0.2) is 40.7 Å². The summed E-state index contributed by atoms with van der Waals surface area (Å²) in [6.07, 6.45) is 13.6. The van der Waals surface area contributed by atoms with Gasteiger partial charge in [0.15, 0.2) is 11.4 Å². The van der Waals surface area contributed by atoms with E-state index in [0.29, 0.717) is 12.8 Å². The second kappa shape index (κ2) is 12.5. The van der Waals surface area contributed by atoms with E-state index in [1.54, 1.807) is 13.0 Å². The molecular formula is C24H36O4. The topological polar surface area (TPSA) is 63.6 Å². The average molecular weight is 389 g/mol. The molecule has 28 heavy (non-hydrogen) atoms. The normalized spacial score (nSPS) is 16.2. The number of carbonyl (C=O) groups is 2. The predicted octanol–water partition coefficient (Wildman–Crippen LogP) is 5.37. The van der Waals surface area contributed by atoms with Crippen molar-refractivity contribution in [3.63, 3.8) is 0 Å². The maximum atomic E-state index is 12.3. The highest BCUT2D eigenvalue weighted by Gasteiger charge is 2.30. The number of rotatable bonds is 12. The number of Topliss-reactive ketones (excluding diaryl/α,β-unsaturated/α-hetero) is 1. The Labute approximate surface area is 170 Å². The first-order chi connectivity index (χ1) is 13.4. The number of unbranched alkanes of at least 4 members (excludes halogenated alkanes) is 3. The van der Waals surface area contributed by atoms with Crippen molar-refractivity contribution >= 4 is 11.8 Å². The van der Waals surface area contributed by atoms with Crippen LogP contribution in [0.2, 0.25) is 0 Å². The van der Waals surface area contributed by atoms with Gasteiger partial charge in [-0.15, -0.1) is 5.73 Å². The molecule has 1 unspecified atom stereocenters. The minimum Gasteiger partial charge on any atom is -0.464 e. The lowest BCUT2D eigenvalue weighted by Gasteiger charge is -2.18. The zero-order valence-electron chi connectivity index (χ0n) is 18.0. The molecule has 0 aromatic heterocycles. The van der Waals surface area contributed by atoms with Crippen LogP contribution in [0, 0.1) is 0 Å². The van der Waals surface area contributed by atoms with Gasteiger partial charge >= 0.3 is 5.97 Å². The minimum absolute atomic E-state index is 0.131. The first-order valence-electron chi connectivity index (χ1n) is 10.6. The van der Waals surface area contributed by atoms with Crippen LogP contribution in [-0.2, 0) is 14.3 Å². The summed E-state index contributed by atoms with van der Waals surface area (Å²) in [4.78, 5) is 24.1. The van der Waals surface area contributed by atoms with Crippen LogP contribution >= 0.6 is 0 Å². The molecule has 1 atom stereocenters. The molecule has 1 N–H and O–H groups in total. The standard InChI is InChI=1S/C24H36O4/c1-5-8-9-10-11-14-20-15-16-22(25)21(20)18-19(6-2)13-12-17-24(4,27)23(26)28-7-3/h11-12,14,27H,5-10,15-18H2,1-4H3/b14-11+. The van der Waals surface area contributed by atoms with E-state index in [0.717, 1.165) is 36.0 Å². The Balaban J connectivity index is 2.84. The van der Waals surface area contributed by atoms with E-state index in [-0.39, 0.29) is 18.8 Å². The summed E-state index contributed by atoms with van der Waals surface area (Å²) in [5.74, 6) is -0.408. The number of carbonyl (C=O) groups excluding carboxylic acids is 2. The quantitative estimate of drug-likeness (QED) is 0.277. The Morgan fingerprint density at radius 1 is 1.25 bits per heavy atom. The van der Waals surface area contributed by atoms with Gasteiger partial charge in [0.05, 0.1) is 6.61 Å². The fourth-order valence-electron chi connectivity index (χ4n) is 3.12.